The molecule has 17 heavy (non-hydrogen) atoms. The van der Waals surface area contributed by atoms with E-state index in [1.165, 1.54) is 0 Å². The molecule has 0 radical (unpaired) electrons. The maximum atomic E-state index is 11.3. The molecule has 0 aromatic rings. The number of aliphatic hydroxyl groups is 1. The van der Waals surface area contributed by atoms with Gasteiger partial charge in [-0.2, -0.15) is 0 Å². The largest absolute Gasteiger partial charge is 0.465 e. The molecule has 4 nitrogen and oxygen atoms in total. The first-order valence-corrected chi connectivity index (χ1v) is 6.46. The molecule has 0 fully saturated rings. The van der Waals surface area contributed by atoms with Gasteiger partial charge in [-0.25, -0.2) is 0 Å². The van der Waals surface area contributed by atoms with Crippen molar-refractivity contribution < 1.29 is 14.6 Å². The summed E-state index contributed by atoms with van der Waals surface area (Å²) in [6.45, 7) is 9.02. The minimum absolute atomic E-state index is 0.165. The molecule has 102 valence electrons. The number of hydrogen-bond acceptors (Lipinski definition) is 4. The first-order chi connectivity index (χ1) is 7.87. The van der Waals surface area contributed by atoms with E-state index in [4.69, 9.17) is 4.74 Å². The third-order valence-electron chi connectivity index (χ3n) is 2.38. The Labute approximate surface area is 105 Å². The van der Waals surface area contributed by atoms with E-state index < -0.39 is 5.60 Å². The zero-order valence-corrected chi connectivity index (χ0v) is 11.6. The highest BCUT2D eigenvalue weighted by atomic mass is 16.5. The molecule has 0 rings (SSSR count). The van der Waals surface area contributed by atoms with Crippen LogP contribution in [0.1, 0.15) is 47.0 Å². The molecule has 4 heteroatoms. The lowest BCUT2D eigenvalue weighted by Crippen LogP contribution is -2.41. The molecule has 1 atom stereocenters. The molecule has 1 unspecified atom stereocenters. The number of hydrogen-bond donors (Lipinski definition) is 2. The van der Waals surface area contributed by atoms with Gasteiger partial charge >= 0.3 is 5.97 Å². The van der Waals surface area contributed by atoms with Gasteiger partial charge < -0.3 is 15.2 Å². The summed E-state index contributed by atoms with van der Waals surface area (Å²) in [6.07, 6.45) is 2.63. The number of ether oxygens (including phenoxy) is 1. The Morgan fingerprint density at radius 3 is 2.65 bits per heavy atom. The van der Waals surface area contributed by atoms with Crippen LogP contribution >= 0.6 is 0 Å². The second kappa shape index (κ2) is 8.48. The van der Waals surface area contributed by atoms with Gasteiger partial charge in [-0.15, -0.1) is 0 Å². The van der Waals surface area contributed by atoms with Crippen LogP contribution in [0.3, 0.4) is 0 Å². The maximum Gasteiger partial charge on any atom is 0.319 e. The quantitative estimate of drug-likeness (QED) is 0.479. The molecule has 0 aliphatic rings. The standard InChI is InChI=1S/C13H27NO3/c1-5-6-7-17-12(15)9-14-10-13(4,16)8-11(2)3/h11,14,16H,5-10H2,1-4H3. The Morgan fingerprint density at radius 1 is 1.47 bits per heavy atom. The summed E-state index contributed by atoms with van der Waals surface area (Å²) in [6, 6.07) is 0. The van der Waals surface area contributed by atoms with Crippen LogP contribution in [-0.4, -0.2) is 36.4 Å². The van der Waals surface area contributed by atoms with Crippen molar-refractivity contribution in [3.8, 4) is 0 Å². The van der Waals surface area contributed by atoms with Crippen molar-refractivity contribution in [2.75, 3.05) is 19.7 Å². The van der Waals surface area contributed by atoms with E-state index in [1.54, 1.807) is 6.92 Å². The molecule has 0 aromatic heterocycles. The summed E-state index contributed by atoms with van der Waals surface area (Å²) in [4.78, 5) is 11.3. The Kier molecular flexibility index (Phi) is 8.17. The summed E-state index contributed by atoms with van der Waals surface area (Å²) in [5.41, 5.74) is -0.766. The van der Waals surface area contributed by atoms with Gasteiger partial charge in [-0.3, -0.25) is 4.79 Å². The molecule has 0 heterocycles. The predicted octanol–water partition coefficient (Wildman–Crippen LogP) is 1.72. The topological polar surface area (TPSA) is 58.6 Å². The van der Waals surface area contributed by atoms with E-state index in [0.29, 0.717) is 25.5 Å². The monoisotopic (exact) mass is 245 g/mol. The molecule has 0 aliphatic carbocycles. The Bertz CT molecular complexity index is 215. The molecule has 2 N–H and O–H groups in total. The first-order valence-electron chi connectivity index (χ1n) is 6.46. The van der Waals surface area contributed by atoms with Crippen molar-refractivity contribution in [2.45, 2.75) is 52.6 Å². The number of unbranched alkanes of at least 4 members (excludes halogenated alkanes) is 1. The van der Waals surface area contributed by atoms with Crippen LogP contribution in [0.2, 0.25) is 0 Å². The lowest BCUT2D eigenvalue weighted by molar-refractivity contribution is -0.142. The second-order valence-electron chi connectivity index (χ2n) is 5.27. The van der Waals surface area contributed by atoms with E-state index in [1.807, 2.05) is 0 Å². The first kappa shape index (κ1) is 16.4. The minimum Gasteiger partial charge on any atom is -0.465 e. The number of carbonyl (C=O) groups is 1. The highest BCUT2D eigenvalue weighted by Gasteiger charge is 2.21. The van der Waals surface area contributed by atoms with Crippen molar-refractivity contribution in [3.63, 3.8) is 0 Å². The highest BCUT2D eigenvalue weighted by Crippen LogP contribution is 2.14. The highest BCUT2D eigenvalue weighted by molar-refractivity contribution is 5.71. The summed E-state index contributed by atoms with van der Waals surface area (Å²) in [7, 11) is 0. The number of esters is 1. The van der Waals surface area contributed by atoms with Crippen LogP contribution in [0.15, 0.2) is 0 Å². The Morgan fingerprint density at radius 2 is 2.12 bits per heavy atom. The van der Waals surface area contributed by atoms with Crippen molar-refractivity contribution in [1.82, 2.24) is 5.32 Å². The summed E-state index contributed by atoms with van der Waals surface area (Å²) in [5, 5.41) is 12.9. The lowest BCUT2D eigenvalue weighted by atomic mass is 9.94. The molecular weight excluding hydrogens is 218 g/mol. The van der Waals surface area contributed by atoms with Gasteiger partial charge in [-0.05, 0) is 25.7 Å². The van der Waals surface area contributed by atoms with E-state index in [-0.39, 0.29) is 12.5 Å². The number of nitrogens with one attached hydrogen (secondary N) is 1. The fourth-order valence-electron chi connectivity index (χ4n) is 1.77. The molecule has 0 saturated carbocycles. The summed E-state index contributed by atoms with van der Waals surface area (Å²) < 4.78 is 5.00. The Balaban J connectivity index is 3.64. The summed E-state index contributed by atoms with van der Waals surface area (Å²) >= 11 is 0. The molecule has 0 saturated heterocycles. The second-order valence-corrected chi connectivity index (χ2v) is 5.27. The van der Waals surface area contributed by atoms with Crippen molar-refractivity contribution >= 4 is 5.97 Å². The van der Waals surface area contributed by atoms with Gasteiger partial charge in [0, 0.05) is 6.54 Å². The van der Waals surface area contributed by atoms with Crippen LogP contribution in [0.25, 0.3) is 0 Å². The van der Waals surface area contributed by atoms with Crippen molar-refractivity contribution in [2.24, 2.45) is 5.92 Å². The molecule has 0 amide bonds. The summed E-state index contributed by atoms with van der Waals surface area (Å²) in [5.74, 6) is 0.183. The smallest absolute Gasteiger partial charge is 0.319 e. The lowest BCUT2D eigenvalue weighted by Gasteiger charge is -2.25. The SMILES string of the molecule is CCCCOC(=O)CNCC(C)(O)CC(C)C. The molecule has 0 aromatic carbocycles. The zero-order chi connectivity index (χ0) is 13.3. The van der Waals surface area contributed by atoms with E-state index in [2.05, 4.69) is 26.1 Å². The fraction of sp³-hybridized carbons (Fsp3) is 0.923. The number of rotatable bonds is 9. The van der Waals surface area contributed by atoms with Gasteiger partial charge in [0.1, 0.15) is 0 Å². The van der Waals surface area contributed by atoms with E-state index >= 15 is 0 Å². The van der Waals surface area contributed by atoms with Gasteiger partial charge in [0.05, 0.1) is 18.8 Å². The molecular formula is C13H27NO3. The predicted molar refractivity (Wildman–Crippen MR) is 68.8 cm³/mol. The number of carbonyl (C=O) groups excluding carboxylic acids is 1. The van der Waals surface area contributed by atoms with Gasteiger partial charge in [-0.1, -0.05) is 27.2 Å². The fourth-order valence-corrected chi connectivity index (χ4v) is 1.77. The van der Waals surface area contributed by atoms with Crippen LogP contribution < -0.4 is 5.32 Å². The third kappa shape index (κ3) is 10.3. The molecule has 0 aliphatic heterocycles. The van der Waals surface area contributed by atoms with Crippen molar-refractivity contribution in [1.29, 1.82) is 0 Å². The van der Waals surface area contributed by atoms with Crippen LogP contribution in [0.4, 0.5) is 0 Å². The Hall–Kier alpha value is -0.610. The van der Waals surface area contributed by atoms with Crippen LogP contribution in [-0.2, 0) is 9.53 Å². The van der Waals surface area contributed by atoms with Crippen LogP contribution in [0, 0.1) is 5.92 Å². The minimum atomic E-state index is -0.766. The average Bonchev–Trinajstić information content (AvgIpc) is 2.15. The maximum absolute atomic E-state index is 11.3. The average molecular weight is 245 g/mol. The van der Waals surface area contributed by atoms with E-state index in [0.717, 1.165) is 12.8 Å². The van der Waals surface area contributed by atoms with Crippen LogP contribution in [0.5, 0.6) is 0 Å². The molecule has 0 bridgehead atoms. The van der Waals surface area contributed by atoms with Gasteiger partial charge in [0.2, 0.25) is 0 Å². The zero-order valence-electron chi connectivity index (χ0n) is 11.6. The van der Waals surface area contributed by atoms with Gasteiger partial charge in [0.15, 0.2) is 0 Å². The van der Waals surface area contributed by atoms with Gasteiger partial charge in [0.25, 0.3) is 0 Å². The van der Waals surface area contributed by atoms with Crippen molar-refractivity contribution in [3.05, 3.63) is 0 Å². The third-order valence-corrected chi connectivity index (χ3v) is 2.38. The molecule has 0 spiro atoms. The van der Waals surface area contributed by atoms with E-state index in [9.17, 15) is 9.90 Å². The normalized spacial score (nSPS) is 14.7.